The van der Waals surface area contributed by atoms with Crippen molar-refractivity contribution >= 4 is 11.8 Å². The van der Waals surface area contributed by atoms with Gasteiger partial charge in [0.15, 0.2) is 11.6 Å². The van der Waals surface area contributed by atoms with Crippen molar-refractivity contribution in [2.24, 2.45) is 0 Å². The van der Waals surface area contributed by atoms with Crippen molar-refractivity contribution < 1.29 is 13.9 Å². The topological polar surface area (TPSA) is 55.3 Å². The third-order valence-corrected chi connectivity index (χ3v) is 3.71. The molecule has 0 bridgehead atoms. The highest BCUT2D eigenvalue weighted by Crippen LogP contribution is 2.28. The number of nitrogens with zero attached hydrogens (tertiary/aromatic N) is 3. The quantitative estimate of drug-likeness (QED) is 0.791. The van der Waals surface area contributed by atoms with E-state index < -0.39 is 0 Å². The van der Waals surface area contributed by atoms with Crippen molar-refractivity contribution in [1.29, 1.82) is 0 Å². The largest absolute Gasteiger partial charge is 0.469 e. The molecule has 2 heterocycles. The number of halogens is 1. The lowest BCUT2D eigenvalue weighted by Crippen LogP contribution is -2.42. The molecular weight excluding hydrogens is 261 g/mol. The Kier molecular flexibility index (Phi) is 4.87. The molecule has 1 unspecified atom stereocenters. The van der Waals surface area contributed by atoms with Crippen LogP contribution in [0.4, 0.5) is 10.2 Å². The van der Waals surface area contributed by atoms with E-state index in [-0.39, 0.29) is 24.2 Å². The lowest BCUT2D eigenvalue weighted by Gasteiger charge is -2.36. The van der Waals surface area contributed by atoms with E-state index in [1.807, 2.05) is 11.8 Å². The molecule has 1 aromatic heterocycles. The molecule has 1 fully saturated rings. The summed E-state index contributed by atoms with van der Waals surface area (Å²) in [5.74, 6) is -0.329. The fourth-order valence-electron chi connectivity index (χ4n) is 2.61. The molecule has 110 valence electrons. The molecule has 1 aromatic rings. The number of hydrogen-bond donors (Lipinski definition) is 0. The summed E-state index contributed by atoms with van der Waals surface area (Å²) in [6, 6.07) is -0.0506. The molecule has 0 aromatic carbocycles. The van der Waals surface area contributed by atoms with Gasteiger partial charge in [0, 0.05) is 12.6 Å². The highest BCUT2D eigenvalue weighted by Gasteiger charge is 2.28. The van der Waals surface area contributed by atoms with E-state index >= 15 is 0 Å². The first kappa shape index (κ1) is 14.7. The van der Waals surface area contributed by atoms with Crippen LogP contribution in [-0.4, -0.2) is 35.6 Å². The van der Waals surface area contributed by atoms with Gasteiger partial charge in [0.05, 0.1) is 19.2 Å². The van der Waals surface area contributed by atoms with Crippen molar-refractivity contribution in [3.05, 3.63) is 17.8 Å². The van der Waals surface area contributed by atoms with Crippen LogP contribution in [0, 0.1) is 5.82 Å². The number of carbonyl (C=O) groups excluding carboxylic acids is 1. The van der Waals surface area contributed by atoms with E-state index in [9.17, 15) is 9.18 Å². The van der Waals surface area contributed by atoms with Gasteiger partial charge in [0.1, 0.15) is 6.33 Å². The third-order valence-electron chi connectivity index (χ3n) is 3.71. The van der Waals surface area contributed by atoms with Crippen molar-refractivity contribution in [3.63, 3.8) is 0 Å². The predicted molar refractivity (Wildman–Crippen MR) is 73.0 cm³/mol. The maximum Gasteiger partial charge on any atom is 0.307 e. The van der Waals surface area contributed by atoms with E-state index in [1.165, 1.54) is 13.4 Å². The smallest absolute Gasteiger partial charge is 0.307 e. The lowest BCUT2D eigenvalue weighted by atomic mass is 9.99. The maximum absolute atomic E-state index is 14.4. The number of methoxy groups -OCH3 is 1. The summed E-state index contributed by atoms with van der Waals surface area (Å²) in [4.78, 5) is 21.4. The van der Waals surface area contributed by atoms with Gasteiger partial charge in [-0.1, -0.05) is 6.92 Å². The Balaban J connectivity index is 2.25. The highest BCUT2D eigenvalue weighted by molar-refractivity contribution is 5.70. The van der Waals surface area contributed by atoms with Crippen LogP contribution in [0.15, 0.2) is 6.33 Å². The van der Waals surface area contributed by atoms with E-state index in [0.717, 1.165) is 19.3 Å². The van der Waals surface area contributed by atoms with Crippen molar-refractivity contribution in [1.82, 2.24) is 9.97 Å². The zero-order valence-corrected chi connectivity index (χ0v) is 11.9. The molecule has 6 heteroatoms. The van der Waals surface area contributed by atoms with Crippen LogP contribution >= 0.6 is 0 Å². The standard InChI is InChI=1S/C14H20FN3O2/c1-3-11-13(15)14(17-9-16-11)18-7-5-4-6-10(18)8-12(19)20-2/h9-10H,3-8H2,1-2H3. The highest BCUT2D eigenvalue weighted by atomic mass is 19.1. The second kappa shape index (κ2) is 6.63. The molecule has 0 saturated carbocycles. The Bertz CT molecular complexity index is 481. The maximum atomic E-state index is 14.4. The van der Waals surface area contributed by atoms with Crippen LogP contribution in [-0.2, 0) is 16.0 Å². The number of carbonyl (C=O) groups is 1. The summed E-state index contributed by atoms with van der Waals surface area (Å²) in [6.45, 7) is 2.57. The molecule has 1 saturated heterocycles. The molecule has 1 aliphatic rings. The Morgan fingerprint density at radius 1 is 1.50 bits per heavy atom. The summed E-state index contributed by atoms with van der Waals surface area (Å²) in [6.07, 6.45) is 5.04. The number of esters is 1. The third kappa shape index (κ3) is 3.05. The minimum absolute atomic E-state index is 0.0506. The van der Waals surface area contributed by atoms with Crippen LogP contribution in [0.1, 0.15) is 38.3 Å². The Labute approximate surface area is 118 Å². The van der Waals surface area contributed by atoms with Gasteiger partial charge in [-0.2, -0.15) is 0 Å². The minimum atomic E-state index is -0.369. The molecule has 0 spiro atoms. The number of rotatable bonds is 4. The summed E-state index contributed by atoms with van der Waals surface area (Å²) in [5.41, 5.74) is 0.414. The van der Waals surface area contributed by atoms with Crippen molar-refractivity contribution in [3.8, 4) is 0 Å². The summed E-state index contributed by atoms with van der Waals surface area (Å²) in [7, 11) is 1.37. The number of anilines is 1. The van der Waals surface area contributed by atoms with Gasteiger partial charge >= 0.3 is 5.97 Å². The molecular formula is C14H20FN3O2. The van der Waals surface area contributed by atoms with Crippen LogP contribution in [0.2, 0.25) is 0 Å². The molecule has 0 amide bonds. The zero-order valence-electron chi connectivity index (χ0n) is 11.9. The molecule has 20 heavy (non-hydrogen) atoms. The summed E-state index contributed by atoms with van der Waals surface area (Å²) < 4.78 is 19.1. The molecule has 1 aliphatic heterocycles. The number of piperidine rings is 1. The number of aryl methyl sites for hydroxylation is 1. The first-order chi connectivity index (χ1) is 9.67. The summed E-state index contributed by atoms with van der Waals surface area (Å²) in [5, 5.41) is 0. The molecule has 0 aliphatic carbocycles. The van der Waals surface area contributed by atoms with Gasteiger partial charge < -0.3 is 9.64 Å². The molecule has 1 atom stereocenters. The average Bonchev–Trinajstić information content (AvgIpc) is 2.48. The van der Waals surface area contributed by atoms with Gasteiger partial charge in [-0.15, -0.1) is 0 Å². The lowest BCUT2D eigenvalue weighted by molar-refractivity contribution is -0.141. The second-order valence-electron chi connectivity index (χ2n) is 4.93. The molecule has 2 rings (SSSR count). The van der Waals surface area contributed by atoms with E-state index in [0.29, 0.717) is 24.5 Å². The minimum Gasteiger partial charge on any atom is -0.469 e. The fourth-order valence-corrected chi connectivity index (χ4v) is 2.61. The van der Waals surface area contributed by atoms with E-state index in [4.69, 9.17) is 4.74 Å². The van der Waals surface area contributed by atoms with Gasteiger partial charge in [-0.05, 0) is 25.7 Å². The van der Waals surface area contributed by atoms with Gasteiger partial charge in [0.2, 0.25) is 0 Å². The van der Waals surface area contributed by atoms with Crippen LogP contribution < -0.4 is 4.90 Å². The summed E-state index contributed by atoms with van der Waals surface area (Å²) >= 11 is 0. The Morgan fingerprint density at radius 3 is 3.00 bits per heavy atom. The van der Waals surface area contributed by atoms with E-state index in [1.54, 1.807) is 0 Å². The number of aromatic nitrogens is 2. The van der Waals surface area contributed by atoms with Crippen LogP contribution in [0.5, 0.6) is 0 Å². The second-order valence-corrected chi connectivity index (χ2v) is 4.93. The monoisotopic (exact) mass is 281 g/mol. The van der Waals surface area contributed by atoms with Crippen LogP contribution in [0.3, 0.4) is 0 Å². The number of ether oxygens (including phenoxy) is 1. The van der Waals surface area contributed by atoms with Gasteiger partial charge in [0.25, 0.3) is 0 Å². The molecule has 0 radical (unpaired) electrons. The number of hydrogen-bond acceptors (Lipinski definition) is 5. The molecule has 5 nitrogen and oxygen atoms in total. The van der Waals surface area contributed by atoms with Crippen molar-refractivity contribution in [2.75, 3.05) is 18.6 Å². The van der Waals surface area contributed by atoms with Crippen molar-refractivity contribution in [2.45, 2.75) is 45.1 Å². The predicted octanol–water partition coefficient (Wildman–Crippen LogP) is 2.10. The Hall–Kier alpha value is -1.72. The zero-order chi connectivity index (χ0) is 14.5. The Morgan fingerprint density at radius 2 is 2.30 bits per heavy atom. The first-order valence-electron chi connectivity index (χ1n) is 7.00. The molecule has 0 N–H and O–H groups in total. The van der Waals surface area contributed by atoms with E-state index in [2.05, 4.69) is 9.97 Å². The van der Waals surface area contributed by atoms with Crippen LogP contribution in [0.25, 0.3) is 0 Å². The average molecular weight is 281 g/mol. The fraction of sp³-hybridized carbons (Fsp3) is 0.643. The van der Waals surface area contributed by atoms with Gasteiger partial charge in [-0.25, -0.2) is 14.4 Å². The normalized spacial score (nSPS) is 18.9. The SMILES string of the molecule is CCc1ncnc(N2CCCCC2CC(=O)OC)c1F. The van der Waals surface area contributed by atoms with Gasteiger partial charge in [-0.3, -0.25) is 4.79 Å². The first-order valence-corrected chi connectivity index (χ1v) is 7.00.